The van der Waals surface area contributed by atoms with Crippen LogP contribution in [-0.4, -0.2) is 47.7 Å². The molecule has 2 aromatic rings. The van der Waals surface area contributed by atoms with Crippen molar-refractivity contribution in [1.29, 1.82) is 0 Å². The van der Waals surface area contributed by atoms with Crippen LogP contribution in [0.25, 0.3) is 5.65 Å². The molecule has 3 heterocycles. The maximum absolute atomic E-state index is 13.1. The molecule has 0 aliphatic carbocycles. The van der Waals surface area contributed by atoms with Gasteiger partial charge < -0.3 is 14.2 Å². The van der Waals surface area contributed by atoms with Gasteiger partial charge in [0.2, 0.25) is 0 Å². The lowest BCUT2D eigenvalue weighted by atomic mass is 10.3. The number of aromatic nitrogens is 2. The van der Waals surface area contributed by atoms with Crippen molar-refractivity contribution < 1.29 is 22.6 Å². The normalized spacial score (nSPS) is 20.6. The first-order valence-electron chi connectivity index (χ1n) is 8.26. The van der Waals surface area contributed by atoms with E-state index in [0.717, 1.165) is 3.70 Å². The molecule has 26 heavy (non-hydrogen) atoms. The molecule has 0 amide bonds. The lowest BCUT2D eigenvalue weighted by Crippen LogP contribution is -2.29. The number of sulfone groups is 1. The third-order valence-electron chi connectivity index (χ3n) is 4.12. The van der Waals surface area contributed by atoms with Gasteiger partial charge in [0, 0.05) is 12.3 Å². The Kier molecular flexibility index (Phi) is 5.04. The summed E-state index contributed by atoms with van der Waals surface area (Å²) in [6, 6.07) is 1.65. The number of ether oxygens (including phenoxy) is 3. The SMILES string of the molecule is CC1(C)OCC(COc2cc3ncc(I)n3cc2S(=O)(=O)C(C)(C)C)O1. The molecule has 1 unspecified atom stereocenters. The third-order valence-corrected chi connectivity index (χ3v) is 7.41. The number of nitrogens with zero attached hydrogens (tertiary/aromatic N) is 2. The highest BCUT2D eigenvalue weighted by molar-refractivity contribution is 14.1. The predicted molar refractivity (Wildman–Crippen MR) is 105 cm³/mol. The molecule has 0 N–H and O–H groups in total. The molecule has 3 rings (SSSR count). The van der Waals surface area contributed by atoms with Gasteiger partial charge in [-0.15, -0.1) is 0 Å². The molecule has 1 atom stereocenters. The molecule has 144 valence electrons. The Morgan fingerprint density at radius 1 is 1.42 bits per heavy atom. The molecular weight excluding hydrogens is 471 g/mol. The van der Waals surface area contributed by atoms with Crippen LogP contribution < -0.4 is 4.74 Å². The molecule has 1 saturated heterocycles. The van der Waals surface area contributed by atoms with Gasteiger partial charge in [-0.05, 0) is 57.2 Å². The van der Waals surface area contributed by atoms with E-state index in [-0.39, 0.29) is 23.4 Å². The average Bonchev–Trinajstić information content (AvgIpc) is 3.05. The summed E-state index contributed by atoms with van der Waals surface area (Å²) in [7, 11) is -3.61. The average molecular weight is 494 g/mol. The van der Waals surface area contributed by atoms with Gasteiger partial charge in [-0.25, -0.2) is 13.4 Å². The Labute approximate surface area is 167 Å². The molecule has 1 aliphatic rings. The van der Waals surface area contributed by atoms with Crippen LogP contribution in [0.4, 0.5) is 0 Å². The predicted octanol–water partition coefficient (Wildman–Crippen LogP) is 3.04. The maximum atomic E-state index is 13.1. The van der Waals surface area contributed by atoms with Gasteiger partial charge >= 0.3 is 0 Å². The van der Waals surface area contributed by atoms with Gasteiger partial charge in [0.25, 0.3) is 0 Å². The van der Waals surface area contributed by atoms with Gasteiger partial charge in [0.1, 0.15) is 32.7 Å². The van der Waals surface area contributed by atoms with E-state index in [2.05, 4.69) is 27.6 Å². The Bertz CT molecular complexity index is 931. The number of fused-ring (bicyclic) bond motifs is 1. The highest BCUT2D eigenvalue weighted by atomic mass is 127. The van der Waals surface area contributed by atoms with E-state index < -0.39 is 20.4 Å². The summed E-state index contributed by atoms with van der Waals surface area (Å²) >= 11 is 2.12. The molecule has 9 heteroatoms. The largest absolute Gasteiger partial charge is 0.489 e. The van der Waals surface area contributed by atoms with Gasteiger partial charge in [0.15, 0.2) is 15.6 Å². The van der Waals surface area contributed by atoms with Crippen molar-refractivity contribution in [3.8, 4) is 5.75 Å². The Balaban J connectivity index is 1.99. The Hall–Kier alpha value is -0.910. The molecule has 7 nitrogen and oxygen atoms in total. The number of rotatable bonds is 4. The van der Waals surface area contributed by atoms with Crippen LogP contribution in [0.1, 0.15) is 34.6 Å². The number of hydrogen-bond donors (Lipinski definition) is 0. The van der Waals surface area contributed by atoms with Crippen molar-refractivity contribution in [1.82, 2.24) is 9.38 Å². The van der Waals surface area contributed by atoms with Crippen molar-refractivity contribution in [3.05, 3.63) is 22.2 Å². The van der Waals surface area contributed by atoms with E-state index in [1.54, 1.807) is 43.6 Å². The topological polar surface area (TPSA) is 79.1 Å². The van der Waals surface area contributed by atoms with Crippen molar-refractivity contribution >= 4 is 38.1 Å². The van der Waals surface area contributed by atoms with E-state index in [0.29, 0.717) is 12.3 Å². The van der Waals surface area contributed by atoms with E-state index in [1.807, 2.05) is 13.8 Å². The minimum Gasteiger partial charge on any atom is -0.489 e. The molecule has 0 saturated carbocycles. The molecule has 0 spiro atoms. The molecule has 0 bridgehead atoms. The summed E-state index contributed by atoms with van der Waals surface area (Å²) in [5, 5.41) is 0. The van der Waals surface area contributed by atoms with Crippen molar-refractivity contribution in [2.45, 2.75) is 56.2 Å². The second-order valence-corrected chi connectivity index (χ2v) is 11.5. The van der Waals surface area contributed by atoms with Crippen LogP contribution >= 0.6 is 22.6 Å². The first-order chi connectivity index (χ1) is 11.9. The van der Waals surface area contributed by atoms with E-state index in [4.69, 9.17) is 14.2 Å². The highest BCUT2D eigenvalue weighted by Gasteiger charge is 2.36. The Morgan fingerprint density at radius 2 is 2.12 bits per heavy atom. The van der Waals surface area contributed by atoms with E-state index >= 15 is 0 Å². The summed E-state index contributed by atoms with van der Waals surface area (Å²) in [4.78, 5) is 4.44. The van der Waals surface area contributed by atoms with Crippen LogP contribution in [0.3, 0.4) is 0 Å². The lowest BCUT2D eigenvalue weighted by molar-refractivity contribution is -0.141. The quantitative estimate of drug-likeness (QED) is 0.609. The molecule has 0 radical (unpaired) electrons. The number of imidazole rings is 1. The third kappa shape index (κ3) is 3.71. The number of pyridine rings is 1. The highest BCUT2D eigenvalue weighted by Crippen LogP contribution is 2.34. The molecule has 2 aromatic heterocycles. The fourth-order valence-electron chi connectivity index (χ4n) is 2.63. The summed E-state index contributed by atoms with van der Waals surface area (Å²) in [5.41, 5.74) is 0.626. The zero-order valence-electron chi connectivity index (χ0n) is 15.4. The van der Waals surface area contributed by atoms with Gasteiger partial charge in [-0.2, -0.15) is 0 Å². The smallest absolute Gasteiger partial charge is 0.188 e. The summed E-state index contributed by atoms with van der Waals surface area (Å²) in [6.45, 7) is 9.28. The van der Waals surface area contributed by atoms with Crippen LogP contribution in [0.15, 0.2) is 23.4 Å². The summed E-state index contributed by atoms with van der Waals surface area (Å²) in [5.74, 6) is -0.375. The van der Waals surface area contributed by atoms with E-state index in [1.165, 1.54) is 0 Å². The standard InChI is InChI=1S/C17H23IN2O5S/c1-16(2,3)26(21,22)13-8-20-14(18)7-19-15(20)6-12(13)23-9-11-10-24-17(4,5)25-11/h6-8,11H,9-10H2,1-5H3. The first-order valence-corrected chi connectivity index (χ1v) is 10.8. The van der Waals surface area contributed by atoms with Crippen molar-refractivity contribution in [2.24, 2.45) is 0 Å². The van der Waals surface area contributed by atoms with Gasteiger partial charge in [-0.3, -0.25) is 4.40 Å². The number of halogens is 1. The van der Waals surface area contributed by atoms with Crippen LogP contribution in [0.5, 0.6) is 5.75 Å². The minimum absolute atomic E-state index is 0.145. The fourth-order valence-corrected chi connectivity index (χ4v) is 4.44. The Morgan fingerprint density at radius 3 is 2.69 bits per heavy atom. The van der Waals surface area contributed by atoms with Crippen LogP contribution in [0.2, 0.25) is 0 Å². The zero-order chi connectivity index (χ0) is 19.3. The number of hydrogen-bond acceptors (Lipinski definition) is 6. The monoisotopic (exact) mass is 494 g/mol. The maximum Gasteiger partial charge on any atom is 0.188 e. The zero-order valence-corrected chi connectivity index (χ0v) is 18.4. The lowest BCUT2D eigenvalue weighted by Gasteiger charge is -2.22. The minimum atomic E-state index is -3.61. The fraction of sp³-hybridized carbons (Fsp3) is 0.588. The van der Waals surface area contributed by atoms with Crippen LogP contribution in [-0.2, 0) is 19.3 Å². The second-order valence-electron chi connectivity index (χ2n) is 7.69. The van der Waals surface area contributed by atoms with Gasteiger partial charge in [0.05, 0.1) is 17.6 Å². The molecule has 1 fully saturated rings. The first kappa shape index (κ1) is 19.8. The van der Waals surface area contributed by atoms with Gasteiger partial charge in [-0.1, -0.05) is 0 Å². The van der Waals surface area contributed by atoms with Crippen LogP contribution in [0, 0.1) is 3.70 Å². The summed E-state index contributed by atoms with van der Waals surface area (Å²) in [6.07, 6.45) is 3.01. The van der Waals surface area contributed by atoms with E-state index in [9.17, 15) is 8.42 Å². The van der Waals surface area contributed by atoms with Crippen molar-refractivity contribution in [2.75, 3.05) is 13.2 Å². The summed E-state index contributed by atoms with van der Waals surface area (Å²) < 4.78 is 44.9. The second kappa shape index (κ2) is 6.61. The molecular formula is C17H23IN2O5S. The molecule has 0 aromatic carbocycles. The molecule has 1 aliphatic heterocycles. The van der Waals surface area contributed by atoms with Crippen molar-refractivity contribution in [3.63, 3.8) is 0 Å².